The summed E-state index contributed by atoms with van der Waals surface area (Å²) < 4.78 is 5.22. The lowest BCUT2D eigenvalue weighted by Gasteiger charge is -2.20. The van der Waals surface area contributed by atoms with Gasteiger partial charge in [0.25, 0.3) is 0 Å². The Kier molecular flexibility index (Phi) is 3.24. The lowest BCUT2D eigenvalue weighted by Crippen LogP contribution is -2.24. The molecule has 0 atom stereocenters. The lowest BCUT2D eigenvalue weighted by molar-refractivity contribution is 0.00700. The molecule has 0 aliphatic heterocycles. The summed E-state index contributed by atoms with van der Waals surface area (Å²) in [5.74, 6) is -0.401. The number of rotatable bonds is 2. The summed E-state index contributed by atoms with van der Waals surface area (Å²) in [6.07, 6.45) is 2.87. The first-order valence-corrected chi connectivity index (χ1v) is 4.66. The maximum atomic E-state index is 11.7. The fraction of sp³-hybridized carbons (Fsp3) is 0.500. The third-order valence-electron chi connectivity index (χ3n) is 1.62. The molecule has 0 amide bonds. The van der Waals surface area contributed by atoms with Crippen molar-refractivity contribution in [2.24, 2.45) is 0 Å². The van der Waals surface area contributed by atoms with E-state index in [9.17, 15) is 4.79 Å². The van der Waals surface area contributed by atoms with E-state index in [1.54, 1.807) is 7.05 Å². The highest BCUT2D eigenvalue weighted by Gasteiger charge is 2.20. The van der Waals surface area contributed by atoms with Gasteiger partial charge in [0.05, 0.1) is 18.1 Å². The molecule has 5 nitrogen and oxygen atoms in total. The van der Waals surface area contributed by atoms with Gasteiger partial charge in [-0.15, -0.1) is 0 Å². The highest BCUT2D eigenvalue weighted by Crippen LogP contribution is 2.16. The van der Waals surface area contributed by atoms with Gasteiger partial charge in [0.15, 0.2) is 0 Å². The van der Waals surface area contributed by atoms with Crippen molar-refractivity contribution in [3.63, 3.8) is 0 Å². The van der Waals surface area contributed by atoms with Crippen molar-refractivity contribution < 1.29 is 9.53 Å². The number of carbonyl (C=O) groups is 1. The number of nitrogens with one attached hydrogen (secondary N) is 1. The second-order valence-corrected chi connectivity index (χ2v) is 4.07. The van der Waals surface area contributed by atoms with Crippen molar-refractivity contribution in [1.82, 2.24) is 10.2 Å². The zero-order valence-electron chi connectivity index (χ0n) is 9.37. The number of nitrogens with zero attached hydrogens (tertiary/aromatic N) is 2. The molecule has 1 aromatic heterocycles. The van der Waals surface area contributed by atoms with E-state index in [4.69, 9.17) is 4.74 Å². The molecule has 1 heterocycles. The molecule has 0 bridgehead atoms. The SMILES string of the molecule is CNc1cnncc1C(=O)OC(C)(C)C. The maximum Gasteiger partial charge on any atom is 0.342 e. The molecular weight excluding hydrogens is 194 g/mol. The van der Waals surface area contributed by atoms with Crippen LogP contribution in [0.5, 0.6) is 0 Å². The van der Waals surface area contributed by atoms with Gasteiger partial charge in [0.1, 0.15) is 11.2 Å². The lowest BCUT2D eigenvalue weighted by atomic mass is 10.2. The van der Waals surface area contributed by atoms with Crippen LogP contribution in [0.2, 0.25) is 0 Å². The van der Waals surface area contributed by atoms with Crippen LogP contribution in [0.1, 0.15) is 31.1 Å². The quantitative estimate of drug-likeness (QED) is 0.747. The van der Waals surface area contributed by atoms with E-state index in [0.717, 1.165) is 0 Å². The van der Waals surface area contributed by atoms with Crippen LogP contribution < -0.4 is 5.32 Å². The first-order valence-electron chi connectivity index (χ1n) is 4.66. The molecule has 0 saturated carbocycles. The molecule has 5 heteroatoms. The fourth-order valence-corrected chi connectivity index (χ4v) is 1.02. The largest absolute Gasteiger partial charge is 0.456 e. The summed E-state index contributed by atoms with van der Waals surface area (Å²) in [4.78, 5) is 11.7. The fourth-order valence-electron chi connectivity index (χ4n) is 1.02. The van der Waals surface area contributed by atoms with Crippen LogP contribution in [0, 0.1) is 0 Å². The third-order valence-corrected chi connectivity index (χ3v) is 1.62. The summed E-state index contributed by atoms with van der Waals surface area (Å²) >= 11 is 0. The average molecular weight is 209 g/mol. The van der Waals surface area contributed by atoms with E-state index in [1.165, 1.54) is 12.4 Å². The Bertz CT molecular complexity index is 358. The normalized spacial score (nSPS) is 10.9. The van der Waals surface area contributed by atoms with Crippen LogP contribution in [0.25, 0.3) is 0 Å². The molecule has 82 valence electrons. The monoisotopic (exact) mass is 209 g/mol. The van der Waals surface area contributed by atoms with E-state index in [1.807, 2.05) is 20.8 Å². The number of ether oxygens (including phenoxy) is 1. The number of hydrogen-bond acceptors (Lipinski definition) is 5. The molecule has 1 aromatic rings. The van der Waals surface area contributed by atoms with Gasteiger partial charge < -0.3 is 10.1 Å². The maximum absolute atomic E-state index is 11.7. The number of hydrogen-bond donors (Lipinski definition) is 1. The van der Waals surface area contributed by atoms with Crippen molar-refractivity contribution in [3.05, 3.63) is 18.0 Å². The molecule has 0 aromatic carbocycles. The second kappa shape index (κ2) is 4.25. The van der Waals surface area contributed by atoms with Gasteiger partial charge in [0.2, 0.25) is 0 Å². The minimum Gasteiger partial charge on any atom is -0.456 e. The predicted octanol–water partition coefficient (Wildman–Crippen LogP) is 1.47. The summed E-state index contributed by atoms with van der Waals surface area (Å²) in [6, 6.07) is 0. The topological polar surface area (TPSA) is 64.1 Å². The molecule has 0 aliphatic rings. The number of aromatic nitrogens is 2. The van der Waals surface area contributed by atoms with Crippen molar-refractivity contribution in [2.45, 2.75) is 26.4 Å². The van der Waals surface area contributed by atoms with E-state index in [0.29, 0.717) is 11.3 Å². The smallest absolute Gasteiger partial charge is 0.342 e. The number of carbonyl (C=O) groups excluding carboxylic acids is 1. The Hall–Kier alpha value is -1.65. The summed E-state index contributed by atoms with van der Waals surface area (Å²) in [5.41, 5.74) is 0.493. The number of esters is 1. The Labute approximate surface area is 88.9 Å². The molecule has 15 heavy (non-hydrogen) atoms. The van der Waals surface area contributed by atoms with Gasteiger partial charge >= 0.3 is 5.97 Å². The highest BCUT2D eigenvalue weighted by atomic mass is 16.6. The second-order valence-electron chi connectivity index (χ2n) is 4.07. The first-order chi connectivity index (χ1) is 6.94. The van der Waals surface area contributed by atoms with Gasteiger partial charge in [-0.25, -0.2) is 4.79 Å². The van der Waals surface area contributed by atoms with Crippen molar-refractivity contribution >= 4 is 11.7 Å². The zero-order chi connectivity index (χ0) is 11.5. The van der Waals surface area contributed by atoms with E-state index in [-0.39, 0.29) is 0 Å². The van der Waals surface area contributed by atoms with E-state index >= 15 is 0 Å². The van der Waals surface area contributed by atoms with Crippen LogP contribution in [0.15, 0.2) is 12.4 Å². The number of anilines is 1. The Morgan fingerprint density at radius 1 is 1.33 bits per heavy atom. The van der Waals surface area contributed by atoms with E-state index in [2.05, 4.69) is 15.5 Å². The molecule has 0 radical (unpaired) electrons. The third kappa shape index (κ3) is 3.19. The van der Waals surface area contributed by atoms with Gasteiger partial charge in [-0.2, -0.15) is 10.2 Å². The van der Waals surface area contributed by atoms with Crippen molar-refractivity contribution in [1.29, 1.82) is 0 Å². The van der Waals surface area contributed by atoms with Crippen LogP contribution >= 0.6 is 0 Å². The van der Waals surface area contributed by atoms with Gasteiger partial charge in [-0.1, -0.05) is 0 Å². The minimum atomic E-state index is -0.509. The molecule has 0 unspecified atom stereocenters. The van der Waals surface area contributed by atoms with Crippen molar-refractivity contribution in [2.75, 3.05) is 12.4 Å². The summed E-state index contributed by atoms with van der Waals surface area (Å²) in [6.45, 7) is 5.45. The average Bonchev–Trinajstić information content (AvgIpc) is 2.15. The molecule has 0 saturated heterocycles. The predicted molar refractivity (Wildman–Crippen MR) is 56.7 cm³/mol. The highest BCUT2D eigenvalue weighted by molar-refractivity contribution is 5.95. The molecule has 1 N–H and O–H groups in total. The van der Waals surface area contributed by atoms with Crippen LogP contribution in [0.3, 0.4) is 0 Å². The van der Waals surface area contributed by atoms with Crippen molar-refractivity contribution in [3.8, 4) is 0 Å². The minimum absolute atomic E-state index is 0.391. The molecule has 1 rings (SSSR count). The van der Waals surface area contributed by atoms with Crippen LogP contribution in [-0.4, -0.2) is 28.8 Å². The Morgan fingerprint density at radius 3 is 2.47 bits per heavy atom. The summed E-state index contributed by atoms with van der Waals surface area (Å²) in [7, 11) is 1.71. The standard InChI is InChI=1S/C10H15N3O2/c1-10(2,3)15-9(14)7-5-12-13-6-8(7)11-4/h5-6H,1-4H3,(H,11,12). The Balaban J connectivity index is 2.91. The first kappa shape index (κ1) is 11.4. The van der Waals surface area contributed by atoms with Gasteiger partial charge in [-0.3, -0.25) is 0 Å². The summed E-state index contributed by atoms with van der Waals surface area (Å²) in [5, 5.41) is 10.2. The van der Waals surface area contributed by atoms with Crippen LogP contribution in [0.4, 0.5) is 5.69 Å². The van der Waals surface area contributed by atoms with Gasteiger partial charge in [0, 0.05) is 7.05 Å². The van der Waals surface area contributed by atoms with E-state index < -0.39 is 11.6 Å². The molecule has 0 aliphatic carbocycles. The molecule has 0 fully saturated rings. The van der Waals surface area contributed by atoms with Crippen LogP contribution in [-0.2, 0) is 4.74 Å². The zero-order valence-corrected chi connectivity index (χ0v) is 9.37. The Morgan fingerprint density at radius 2 is 1.93 bits per heavy atom. The molecular formula is C10H15N3O2. The van der Waals surface area contributed by atoms with Gasteiger partial charge in [-0.05, 0) is 20.8 Å². The molecule has 0 spiro atoms.